The van der Waals surface area contributed by atoms with E-state index in [1.165, 1.54) is 11.0 Å². The van der Waals surface area contributed by atoms with Gasteiger partial charge >= 0.3 is 6.18 Å². The number of alkyl halides is 3. The molecule has 4 amide bonds. The zero-order valence-corrected chi connectivity index (χ0v) is 32.8. The molecule has 0 unspecified atom stereocenters. The van der Waals surface area contributed by atoms with Gasteiger partial charge in [-0.05, 0) is 86.8 Å². The Morgan fingerprint density at radius 3 is 2.39 bits per heavy atom. The summed E-state index contributed by atoms with van der Waals surface area (Å²) >= 11 is 4.71. The van der Waals surface area contributed by atoms with Gasteiger partial charge < -0.3 is 20.3 Å². The summed E-state index contributed by atoms with van der Waals surface area (Å²) < 4.78 is 47.5. The number of amides is 4. The third-order valence-corrected chi connectivity index (χ3v) is 10.9. The Morgan fingerprint density at radius 1 is 1.00 bits per heavy atom. The van der Waals surface area contributed by atoms with Gasteiger partial charge in [-0.1, -0.05) is 13.0 Å². The SMILES string of the molecule is CCc1cc(N2[C@@H](S)N(c3ccc(C#N)c(C(F)(F)F)c3)C(=O)C2(C)C)ccc1OCCN1CCN(CC(=O)Nc2cccc(N[C@@H]3CCC(=O)NC3=O)c2)CC1. The number of aryl methyl sites for hydroxylation is 1. The molecule has 3 aliphatic heterocycles. The van der Waals surface area contributed by atoms with Gasteiger partial charge in [0.05, 0.1) is 23.7 Å². The summed E-state index contributed by atoms with van der Waals surface area (Å²) in [5.74, 6) is -0.551. The first-order chi connectivity index (χ1) is 27.1. The molecule has 3 aromatic carbocycles. The highest BCUT2D eigenvalue weighted by atomic mass is 32.1. The molecule has 0 radical (unpaired) electrons. The van der Waals surface area contributed by atoms with E-state index in [0.29, 0.717) is 61.9 Å². The van der Waals surface area contributed by atoms with Crippen LogP contribution in [-0.4, -0.2) is 96.4 Å². The summed E-state index contributed by atoms with van der Waals surface area (Å²) in [4.78, 5) is 57.5. The van der Waals surface area contributed by atoms with Crippen LogP contribution in [0.15, 0.2) is 60.7 Å². The summed E-state index contributed by atoms with van der Waals surface area (Å²) in [7, 11) is 0. The number of rotatable bonds is 12. The smallest absolute Gasteiger partial charge is 0.417 e. The number of piperazine rings is 1. The molecule has 17 heteroatoms. The maximum atomic E-state index is 13.8. The lowest BCUT2D eigenvalue weighted by Crippen LogP contribution is -2.49. The van der Waals surface area contributed by atoms with Crippen LogP contribution < -0.4 is 30.5 Å². The number of hydrogen-bond donors (Lipinski definition) is 4. The molecule has 3 saturated heterocycles. The largest absolute Gasteiger partial charge is 0.492 e. The molecule has 3 heterocycles. The normalized spacial score (nSPS) is 20.3. The van der Waals surface area contributed by atoms with Crippen molar-refractivity contribution in [3.05, 3.63) is 77.4 Å². The Hall–Kier alpha value is -5.31. The van der Waals surface area contributed by atoms with E-state index in [0.717, 1.165) is 30.8 Å². The molecule has 3 fully saturated rings. The maximum absolute atomic E-state index is 13.8. The molecule has 6 rings (SSSR count). The number of nitriles is 1. The summed E-state index contributed by atoms with van der Waals surface area (Å²) in [5, 5.41) is 17.6. The van der Waals surface area contributed by atoms with Crippen molar-refractivity contribution in [3.8, 4) is 11.8 Å². The molecule has 0 bridgehead atoms. The Balaban J connectivity index is 0.992. The van der Waals surface area contributed by atoms with E-state index in [1.54, 1.807) is 49.1 Å². The van der Waals surface area contributed by atoms with E-state index in [4.69, 9.17) is 17.4 Å². The Morgan fingerprint density at radius 2 is 1.70 bits per heavy atom. The number of benzene rings is 3. The summed E-state index contributed by atoms with van der Waals surface area (Å²) in [6.07, 6.45) is -3.49. The van der Waals surface area contributed by atoms with Crippen molar-refractivity contribution in [1.29, 1.82) is 5.26 Å². The summed E-state index contributed by atoms with van der Waals surface area (Å²) in [6, 6.07) is 16.9. The molecule has 3 aromatic rings. The Kier molecular flexibility index (Phi) is 12.4. The van der Waals surface area contributed by atoms with E-state index in [1.807, 2.05) is 25.1 Å². The fourth-order valence-electron chi connectivity index (χ4n) is 7.34. The van der Waals surface area contributed by atoms with Crippen LogP contribution in [0.4, 0.5) is 35.9 Å². The number of ether oxygens (including phenoxy) is 1. The molecule has 2 atom stereocenters. The minimum Gasteiger partial charge on any atom is -0.492 e. The van der Waals surface area contributed by atoms with Gasteiger partial charge in [0.1, 0.15) is 23.9 Å². The number of halogens is 3. The predicted octanol–water partition coefficient (Wildman–Crippen LogP) is 4.84. The van der Waals surface area contributed by atoms with E-state index < -0.39 is 40.3 Å². The van der Waals surface area contributed by atoms with Gasteiger partial charge in [-0.3, -0.25) is 39.2 Å². The second-order valence-corrected chi connectivity index (χ2v) is 15.1. The van der Waals surface area contributed by atoms with Crippen LogP contribution in [0.3, 0.4) is 0 Å². The molecule has 0 aliphatic carbocycles. The molecule has 3 N–H and O–H groups in total. The van der Waals surface area contributed by atoms with Crippen molar-refractivity contribution in [1.82, 2.24) is 15.1 Å². The van der Waals surface area contributed by atoms with Crippen LogP contribution in [0.25, 0.3) is 0 Å². The number of hydrogen-bond acceptors (Lipinski definition) is 11. The van der Waals surface area contributed by atoms with E-state index in [9.17, 15) is 37.6 Å². The van der Waals surface area contributed by atoms with Crippen LogP contribution in [0.1, 0.15) is 50.3 Å². The lowest BCUT2D eigenvalue weighted by molar-refractivity contribution is -0.138. The second kappa shape index (κ2) is 17.0. The Labute approximate surface area is 334 Å². The summed E-state index contributed by atoms with van der Waals surface area (Å²) in [6.45, 7) is 9.60. The highest BCUT2D eigenvalue weighted by molar-refractivity contribution is 7.81. The molecule has 57 heavy (non-hydrogen) atoms. The average Bonchev–Trinajstić information content (AvgIpc) is 3.34. The van der Waals surface area contributed by atoms with Gasteiger partial charge in [0, 0.05) is 61.9 Å². The van der Waals surface area contributed by atoms with E-state index in [-0.39, 0.29) is 36.4 Å². The minimum absolute atomic E-state index is 0.00877. The highest BCUT2D eigenvalue weighted by Gasteiger charge is 2.52. The standard InChI is InChI=1S/C40H45F3N8O5S/c1-4-25-20-30(51-38(57)50(37(55)39(51,2)3)29-9-8-26(23-44)31(22-29)40(41,42)43)10-12-33(25)56-19-18-48-14-16-49(17-15-48)24-35(53)46-28-7-5-6-27(21-28)45-32-11-13-34(52)47-36(32)54/h5-10,12,20-22,32,38,45,57H,4,11,13-19,24H2,1-3H3,(H,46,53)(H,47,52,54)/t32-,38+/m1/s1. The number of piperidine rings is 1. The molecule has 3 aliphatic rings. The predicted molar refractivity (Wildman–Crippen MR) is 212 cm³/mol. The first-order valence-corrected chi connectivity index (χ1v) is 19.2. The molecule has 0 saturated carbocycles. The van der Waals surface area contributed by atoms with Gasteiger partial charge in [-0.25, -0.2) is 0 Å². The molecule has 0 spiro atoms. The first kappa shape index (κ1) is 41.3. The Bertz CT molecular complexity index is 2070. The topological polar surface area (TPSA) is 150 Å². The fraction of sp³-hybridized carbons (Fsp3) is 0.425. The van der Waals surface area contributed by atoms with Gasteiger partial charge in [0.25, 0.3) is 5.91 Å². The third kappa shape index (κ3) is 9.30. The quantitative estimate of drug-likeness (QED) is 0.148. The zero-order chi connectivity index (χ0) is 41.1. The number of nitrogens with zero attached hydrogens (tertiary/aromatic N) is 5. The van der Waals surface area contributed by atoms with Crippen molar-refractivity contribution >= 4 is 59.0 Å². The van der Waals surface area contributed by atoms with Crippen molar-refractivity contribution < 1.29 is 37.1 Å². The number of carbonyl (C=O) groups excluding carboxylic acids is 4. The molecular formula is C40H45F3N8O5S. The van der Waals surface area contributed by atoms with Gasteiger partial charge in [-0.2, -0.15) is 18.4 Å². The molecule has 0 aromatic heterocycles. The van der Waals surface area contributed by atoms with Crippen molar-refractivity contribution in [2.24, 2.45) is 0 Å². The van der Waals surface area contributed by atoms with Crippen molar-refractivity contribution in [2.45, 2.75) is 63.3 Å². The molecule has 13 nitrogen and oxygen atoms in total. The van der Waals surface area contributed by atoms with Crippen molar-refractivity contribution in [2.75, 3.05) is 66.3 Å². The van der Waals surface area contributed by atoms with Crippen LogP contribution in [0, 0.1) is 11.3 Å². The van der Waals surface area contributed by atoms with E-state index in [2.05, 4.69) is 25.8 Å². The van der Waals surface area contributed by atoms with Gasteiger partial charge in [-0.15, -0.1) is 12.6 Å². The van der Waals surface area contributed by atoms with Crippen LogP contribution in [0.5, 0.6) is 5.75 Å². The number of thiol groups is 1. The number of anilines is 4. The maximum Gasteiger partial charge on any atom is 0.417 e. The number of carbonyl (C=O) groups is 4. The minimum atomic E-state index is -4.78. The van der Waals surface area contributed by atoms with Crippen molar-refractivity contribution in [3.63, 3.8) is 0 Å². The number of nitrogens with one attached hydrogen (secondary N) is 3. The molecular weight excluding hydrogens is 762 g/mol. The van der Waals surface area contributed by atoms with Crippen LogP contribution in [0.2, 0.25) is 0 Å². The average molecular weight is 807 g/mol. The lowest BCUT2D eigenvalue weighted by atomic mass is 10.0. The second-order valence-electron chi connectivity index (χ2n) is 14.7. The molecule has 302 valence electrons. The number of imide groups is 1. The highest BCUT2D eigenvalue weighted by Crippen LogP contribution is 2.43. The van der Waals surface area contributed by atoms with Gasteiger partial charge in [0.15, 0.2) is 5.50 Å². The van der Waals surface area contributed by atoms with Crippen LogP contribution in [-0.2, 0) is 31.8 Å². The zero-order valence-electron chi connectivity index (χ0n) is 31.9. The first-order valence-electron chi connectivity index (χ1n) is 18.7. The fourth-order valence-corrected chi connectivity index (χ4v) is 8.00. The summed E-state index contributed by atoms with van der Waals surface area (Å²) in [5.41, 5.74) is -0.927. The van der Waals surface area contributed by atoms with E-state index >= 15 is 0 Å². The third-order valence-electron chi connectivity index (χ3n) is 10.4. The van der Waals surface area contributed by atoms with Crippen LogP contribution >= 0.6 is 12.6 Å². The van der Waals surface area contributed by atoms with Gasteiger partial charge in [0.2, 0.25) is 17.7 Å². The monoisotopic (exact) mass is 806 g/mol. The lowest BCUT2D eigenvalue weighted by Gasteiger charge is -2.34.